The van der Waals surface area contributed by atoms with Crippen molar-refractivity contribution in [3.8, 4) is 0 Å². The molecule has 0 aromatic carbocycles. The fraction of sp³-hybridized carbons (Fsp3) is 0.933. The van der Waals surface area contributed by atoms with Gasteiger partial charge in [0.2, 0.25) is 5.91 Å². The Kier molecular flexibility index (Phi) is 7.33. The minimum absolute atomic E-state index is 0.205. The van der Waals surface area contributed by atoms with Crippen LogP contribution in [0.3, 0.4) is 0 Å². The van der Waals surface area contributed by atoms with Gasteiger partial charge in [-0.15, -0.1) is 0 Å². The number of carbonyl (C=O) groups excluding carboxylic acids is 1. The number of unbranched alkanes of at least 4 members (excludes halogenated alkanes) is 5. The average Bonchev–Trinajstić information content (AvgIpc) is 2.87. The normalized spacial score (nSPS) is 17.9. The molecule has 0 aliphatic heterocycles. The molecular formula is C15H30N2O. The molecule has 1 amide bonds. The molecule has 0 spiro atoms. The van der Waals surface area contributed by atoms with E-state index in [2.05, 4.69) is 12.2 Å². The molecule has 1 rings (SSSR count). The predicted molar refractivity (Wildman–Crippen MR) is 76.3 cm³/mol. The average molecular weight is 254 g/mol. The summed E-state index contributed by atoms with van der Waals surface area (Å²) in [5.41, 5.74) is 5.56. The van der Waals surface area contributed by atoms with Crippen molar-refractivity contribution in [3.05, 3.63) is 0 Å². The maximum absolute atomic E-state index is 12.1. The highest BCUT2D eigenvalue weighted by Crippen LogP contribution is 2.37. The molecule has 1 aliphatic rings. The third-order valence-corrected chi connectivity index (χ3v) is 4.25. The van der Waals surface area contributed by atoms with Gasteiger partial charge in [0, 0.05) is 13.1 Å². The summed E-state index contributed by atoms with van der Waals surface area (Å²) in [4.78, 5) is 12.1. The van der Waals surface area contributed by atoms with Gasteiger partial charge in [-0.3, -0.25) is 4.79 Å². The Morgan fingerprint density at radius 3 is 2.33 bits per heavy atom. The van der Waals surface area contributed by atoms with E-state index in [-0.39, 0.29) is 11.3 Å². The maximum Gasteiger partial charge on any atom is 0.227 e. The third-order valence-electron chi connectivity index (χ3n) is 4.25. The van der Waals surface area contributed by atoms with Crippen LogP contribution in [0.15, 0.2) is 0 Å². The molecule has 0 bridgehead atoms. The molecule has 1 aliphatic carbocycles. The van der Waals surface area contributed by atoms with Crippen molar-refractivity contribution in [1.82, 2.24) is 5.32 Å². The van der Waals surface area contributed by atoms with Gasteiger partial charge in [-0.05, 0) is 19.3 Å². The predicted octanol–water partition coefficient (Wildman–Crippen LogP) is 2.98. The summed E-state index contributed by atoms with van der Waals surface area (Å²) in [5.74, 6) is 0.205. The van der Waals surface area contributed by atoms with Crippen molar-refractivity contribution < 1.29 is 4.79 Å². The summed E-state index contributed by atoms with van der Waals surface area (Å²) in [5, 5.41) is 3.09. The van der Waals surface area contributed by atoms with E-state index in [1.54, 1.807) is 0 Å². The van der Waals surface area contributed by atoms with Crippen LogP contribution in [-0.4, -0.2) is 19.0 Å². The van der Waals surface area contributed by atoms with E-state index in [4.69, 9.17) is 5.73 Å². The Bertz CT molecular complexity index is 235. The lowest BCUT2D eigenvalue weighted by atomic mass is 9.85. The number of hydrogen-bond acceptors (Lipinski definition) is 2. The van der Waals surface area contributed by atoms with Crippen LogP contribution in [0.1, 0.15) is 71.1 Å². The van der Waals surface area contributed by atoms with Gasteiger partial charge in [0.1, 0.15) is 0 Å². The van der Waals surface area contributed by atoms with Crippen LogP contribution in [0.4, 0.5) is 0 Å². The molecule has 3 nitrogen and oxygen atoms in total. The van der Waals surface area contributed by atoms with Crippen molar-refractivity contribution in [1.29, 1.82) is 0 Å². The van der Waals surface area contributed by atoms with Gasteiger partial charge in [0.15, 0.2) is 0 Å². The standard InChI is InChI=1S/C15H30N2O/c1-2-3-4-5-6-9-12-17-14(18)15(13-16)10-7-8-11-15/h2-13,16H2,1H3,(H,17,18). The van der Waals surface area contributed by atoms with Gasteiger partial charge in [-0.2, -0.15) is 0 Å². The van der Waals surface area contributed by atoms with Crippen LogP contribution in [0, 0.1) is 5.41 Å². The Morgan fingerprint density at radius 1 is 1.11 bits per heavy atom. The van der Waals surface area contributed by atoms with Crippen molar-refractivity contribution in [3.63, 3.8) is 0 Å². The Balaban J connectivity index is 2.09. The quantitative estimate of drug-likeness (QED) is 0.621. The zero-order valence-corrected chi connectivity index (χ0v) is 12.0. The monoisotopic (exact) mass is 254 g/mol. The summed E-state index contributed by atoms with van der Waals surface area (Å²) in [6.45, 7) is 3.57. The summed E-state index contributed by atoms with van der Waals surface area (Å²) in [6, 6.07) is 0. The number of rotatable bonds is 9. The number of hydrogen-bond donors (Lipinski definition) is 2. The lowest BCUT2D eigenvalue weighted by molar-refractivity contribution is -0.130. The van der Waals surface area contributed by atoms with Crippen LogP contribution < -0.4 is 11.1 Å². The SMILES string of the molecule is CCCCCCCCNC(=O)C1(CN)CCCC1. The van der Waals surface area contributed by atoms with Gasteiger partial charge in [-0.25, -0.2) is 0 Å². The van der Waals surface area contributed by atoms with Crippen molar-refractivity contribution >= 4 is 5.91 Å². The van der Waals surface area contributed by atoms with Crippen molar-refractivity contribution in [2.75, 3.05) is 13.1 Å². The molecule has 3 N–H and O–H groups in total. The summed E-state index contributed by atoms with van der Waals surface area (Å²) < 4.78 is 0. The number of nitrogens with two attached hydrogens (primary N) is 1. The molecule has 1 fully saturated rings. The van der Waals surface area contributed by atoms with Crippen LogP contribution in [0.25, 0.3) is 0 Å². The molecule has 0 aromatic rings. The second kappa shape index (κ2) is 8.52. The van der Waals surface area contributed by atoms with E-state index in [1.807, 2.05) is 0 Å². The fourth-order valence-corrected chi connectivity index (χ4v) is 2.87. The first-order valence-corrected chi connectivity index (χ1v) is 7.73. The first-order valence-electron chi connectivity index (χ1n) is 7.73. The highest BCUT2D eigenvalue weighted by atomic mass is 16.2. The van der Waals surface area contributed by atoms with E-state index < -0.39 is 0 Å². The second-order valence-electron chi connectivity index (χ2n) is 5.72. The second-order valence-corrected chi connectivity index (χ2v) is 5.72. The first-order chi connectivity index (χ1) is 8.75. The Morgan fingerprint density at radius 2 is 1.72 bits per heavy atom. The van der Waals surface area contributed by atoms with Gasteiger partial charge in [0.25, 0.3) is 0 Å². The Labute approximate surface area is 112 Å². The Hall–Kier alpha value is -0.570. The number of amides is 1. The largest absolute Gasteiger partial charge is 0.356 e. The molecule has 0 saturated heterocycles. The van der Waals surface area contributed by atoms with E-state index in [1.165, 1.54) is 32.1 Å². The highest BCUT2D eigenvalue weighted by Gasteiger charge is 2.39. The van der Waals surface area contributed by atoms with Crippen LogP contribution >= 0.6 is 0 Å². The smallest absolute Gasteiger partial charge is 0.227 e. The van der Waals surface area contributed by atoms with Crippen molar-refractivity contribution in [2.24, 2.45) is 11.1 Å². The number of nitrogens with one attached hydrogen (secondary N) is 1. The molecule has 1 saturated carbocycles. The molecule has 3 heteroatoms. The summed E-state index contributed by atoms with van der Waals surface area (Å²) in [6.07, 6.45) is 11.9. The van der Waals surface area contributed by atoms with Crippen LogP contribution in [0.2, 0.25) is 0 Å². The summed E-state index contributed by atoms with van der Waals surface area (Å²) >= 11 is 0. The molecule has 0 radical (unpaired) electrons. The molecule has 0 heterocycles. The maximum atomic E-state index is 12.1. The molecule has 0 atom stereocenters. The molecular weight excluding hydrogens is 224 g/mol. The lowest BCUT2D eigenvalue weighted by Crippen LogP contribution is -2.44. The van der Waals surface area contributed by atoms with Crippen LogP contribution in [-0.2, 0) is 4.79 Å². The zero-order valence-electron chi connectivity index (χ0n) is 12.0. The number of carbonyl (C=O) groups is 1. The van der Waals surface area contributed by atoms with Gasteiger partial charge >= 0.3 is 0 Å². The van der Waals surface area contributed by atoms with Crippen molar-refractivity contribution in [2.45, 2.75) is 71.1 Å². The molecule has 0 aromatic heterocycles. The van der Waals surface area contributed by atoms with Gasteiger partial charge in [-0.1, -0.05) is 51.9 Å². The minimum Gasteiger partial charge on any atom is -0.356 e. The van der Waals surface area contributed by atoms with Gasteiger partial charge < -0.3 is 11.1 Å². The highest BCUT2D eigenvalue weighted by molar-refractivity contribution is 5.83. The van der Waals surface area contributed by atoms with E-state index in [0.29, 0.717) is 6.54 Å². The van der Waals surface area contributed by atoms with E-state index in [9.17, 15) is 4.79 Å². The zero-order chi connectivity index (χ0) is 13.3. The third kappa shape index (κ3) is 4.60. The first kappa shape index (κ1) is 15.5. The minimum atomic E-state index is -0.234. The van der Waals surface area contributed by atoms with E-state index in [0.717, 1.165) is 38.6 Å². The van der Waals surface area contributed by atoms with Gasteiger partial charge in [0.05, 0.1) is 5.41 Å². The molecule has 106 valence electrons. The van der Waals surface area contributed by atoms with Crippen LogP contribution in [0.5, 0.6) is 0 Å². The molecule has 18 heavy (non-hydrogen) atoms. The molecule has 0 unspecified atom stereocenters. The topological polar surface area (TPSA) is 55.1 Å². The fourth-order valence-electron chi connectivity index (χ4n) is 2.87. The van der Waals surface area contributed by atoms with E-state index >= 15 is 0 Å². The lowest BCUT2D eigenvalue weighted by Gasteiger charge is -2.25. The summed E-state index contributed by atoms with van der Waals surface area (Å²) in [7, 11) is 0.